The van der Waals surface area contributed by atoms with E-state index in [1.807, 2.05) is 13.2 Å². The van der Waals surface area contributed by atoms with Gasteiger partial charge in [-0.1, -0.05) is 13.8 Å². The molecule has 1 aromatic rings. The molecule has 94 valence electrons. The van der Waals surface area contributed by atoms with Gasteiger partial charge in [0.25, 0.3) is 0 Å². The Morgan fingerprint density at radius 1 is 1.53 bits per heavy atom. The van der Waals surface area contributed by atoms with E-state index in [1.54, 1.807) is 23.4 Å². The van der Waals surface area contributed by atoms with Gasteiger partial charge in [-0.2, -0.15) is 0 Å². The molecule has 4 nitrogen and oxygen atoms in total. The lowest BCUT2D eigenvalue weighted by molar-refractivity contribution is 0.0682. The van der Waals surface area contributed by atoms with Crippen LogP contribution in [0, 0.1) is 5.92 Å². The van der Waals surface area contributed by atoms with Crippen molar-refractivity contribution in [1.82, 2.24) is 4.57 Å². The highest BCUT2D eigenvalue weighted by Crippen LogP contribution is 2.43. The molecule has 0 spiro atoms. The molecule has 5 heteroatoms. The average Bonchev–Trinajstić information content (AvgIpc) is 2.54. The van der Waals surface area contributed by atoms with Gasteiger partial charge in [0.2, 0.25) is 0 Å². The predicted molar refractivity (Wildman–Crippen MR) is 70.1 cm³/mol. The topological polar surface area (TPSA) is 45.5 Å². The molecular formula is C12H18N2O2S. The van der Waals surface area contributed by atoms with E-state index < -0.39 is 5.97 Å². The molecule has 0 saturated carbocycles. The number of aryl methyl sites for hydroxylation is 1. The van der Waals surface area contributed by atoms with Gasteiger partial charge in [0, 0.05) is 32.1 Å². The second kappa shape index (κ2) is 4.29. The molecule has 17 heavy (non-hydrogen) atoms. The highest BCUT2D eigenvalue weighted by Gasteiger charge is 2.31. The van der Waals surface area contributed by atoms with Crippen LogP contribution in [0.1, 0.15) is 24.3 Å². The number of carboxylic acids is 1. The van der Waals surface area contributed by atoms with E-state index in [4.69, 9.17) is 0 Å². The van der Waals surface area contributed by atoms with E-state index in [9.17, 15) is 9.90 Å². The van der Waals surface area contributed by atoms with Gasteiger partial charge in [-0.05, 0) is 5.92 Å². The van der Waals surface area contributed by atoms with Gasteiger partial charge in [0.05, 0.1) is 10.6 Å². The summed E-state index contributed by atoms with van der Waals surface area (Å²) in [4.78, 5) is 14.4. The van der Waals surface area contributed by atoms with Crippen molar-refractivity contribution < 1.29 is 9.90 Å². The van der Waals surface area contributed by atoms with Crippen molar-refractivity contribution in [3.63, 3.8) is 0 Å². The Balaban J connectivity index is 2.47. The van der Waals surface area contributed by atoms with Gasteiger partial charge in [0.1, 0.15) is 5.69 Å². The van der Waals surface area contributed by atoms with Crippen LogP contribution in [0.5, 0.6) is 0 Å². The first-order valence-electron chi connectivity index (χ1n) is 5.72. The molecule has 0 saturated heterocycles. The van der Waals surface area contributed by atoms with E-state index in [-0.39, 0.29) is 0 Å². The van der Waals surface area contributed by atoms with Crippen LogP contribution in [0.15, 0.2) is 11.1 Å². The summed E-state index contributed by atoms with van der Waals surface area (Å²) in [5.41, 5.74) is 1.44. The van der Waals surface area contributed by atoms with Crippen LogP contribution in [0.25, 0.3) is 0 Å². The van der Waals surface area contributed by atoms with Gasteiger partial charge in [0.15, 0.2) is 0 Å². The number of hydrogen-bond acceptors (Lipinski definition) is 3. The SMILES string of the molecule is CC(C)C1CN(C)c2cn(C)c(C(=O)O)c2S1. The molecule has 1 aliphatic heterocycles. The predicted octanol–water partition coefficient (Wildman–Crippen LogP) is 2.29. The van der Waals surface area contributed by atoms with Crippen LogP contribution < -0.4 is 4.90 Å². The van der Waals surface area contributed by atoms with Crippen molar-refractivity contribution in [3.8, 4) is 0 Å². The molecule has 0 fully saturated rings. The van der Waals surface area contributed by atoms with Crippen LogP contribution in [0.3, 0.4) is 0 Å². The van der Waals surface area contributed by atoms with Gasteiger partial charge in [-0.25, -0.2) is 4.79 Å². The Labute approximate surface area is 106 Å². The summed E-state index contributed by atoms with van der Waals surface area (Å²) in [5.74, 6) is -0.309. The standard InChI is InChI=1S/C12H18N2O2S/c1-7(2)9-6-13(3)8-5-14(4)10(12(15)16)11(8)17-9/h5,7,9H,6H2,1-4H3,(H,15,16). The number of carboxylic acid groups (broad SMARTS) is 1. The Bertz CT molecular complexity index is 454. The molecule has 1 aliphatic rings. The summed E-state index contributed by atoms with van der Waals surface area (Å²) >= 11 is 1.70. The fraction of sp³-hybridized carbons (Fsp3) is 0.583. The smallest absolute Gasteiger partial charge is 0.353 e. The second-order valence-electron chi connectivity index (χ2n) is 4.89. The number of anilines is 1. The van der Waals surface area contributed by atoms with E-state index >= 15 is 0 Å². The Morgan fingerprint density at radius 2 is 2.18 bits per heavy atom. The number of thioether (sulfide) groups is 1. The van der Waals surface area contributed by atoms with Crippen molar-refractivity contribution in [1.29, 1.82) is 0 Å². The molecule has 0 amide bonds. The minimum Gasteiger partial charge on any atom is -0.477 e. The minimum absolute atomic E-state index is 0.405. The quantitative estimate of drug-likeness (QED) is 0.879. The van der Waals surface area contributed by atoms with Crippen molar-refractivity contribution in [2.45, 2.75) is 24.0 Å². The van der Waals surface area contributed by atoms with Gasteiger partial charge >= 0.3 is 5.97 Å². The normalized spacial score (nSPS) is 19.6. The number of aromatic nitrogens is 1. The van der Waals surface area contributed by atoms with Crippen molar-refractivity contribution in [2.75, 3.05) is 18.5 Å². The Hall–Kier alpha value is -1.10. The highest BCUT2D eigenvalue weighted by molar-refractivity contribution is 8.00. The largest absolute Gasteiger partial charge is 0.477 e. The number of fused-ring (bicyclic) bond motifs is 1. The van der Waals surface area contributed by atoms with Crippen LogP contribution in [-0.4, -0.2) is 34.5 Å². The third kappa shape index (κ3) is 2.04. The Kier molecular flexibility index (Phi) is 3.12. The minimum atomic E-state index is -0.848. The number of aromatic carboxylic acids is 1. The fourth-order valence-electron chi connectivity index (χ4n) is 2.13. The molecule has 1 atom stereocenters. The molecule has 2 heterocycles. The van der Waals surface area contributed by atoms with Crippen LogP contribution in [0.2, 0.25) is 0 Å². The number of hydrogen-bond donors (Lipinski definition) is 1. The van der Waals surface area contributed by atoms with Crippen molar-refractivity contribution in [3.05, 3.63) is 11.9 Å². The fourth-order valence-corrected chi connectivity index (χ4v) is 3.67. The number of nitrogens with zero attached hydrogens (tertiary/aromatic N) is 2. The Morgan fingerprint density at radius 3 is 2.71 bits per heavy atom. The average molecular weight is 254 g/mol. The van der Waals surface area contributed by atoms with Crippen LogP contribution in [-0.2, 0) is 7.05 Å². The lowest BCUT2D eigenvalue weighted by atomic mass is 10.1. The molecule has 2 rings (SSSR count). The molecular weight excluding hydrogens is 236 g/mol. The zero-order valence-electron chi connectivity index (χ0n) is 10.6. The molecule has 1 aromatic heterocycles. The zero-order valence-corrected chi connectivity index (χ0v) is 11.4. The van der Waals surface area contributed by atoms with E-state index in [1.165, 1.54) is 0 Å². The van der Waals surface area contributed by atoms with Gasteiger partial charge < -0.3 is 14.6 Å². The maximum Gasteiger partial charge on any atom is 0.353 e. The first-order valence-corrected chi connectivity index (χ1v) is 6.60. The molecule has 1 N–H and O–H groups in total. The summed E-state index contributed by atoms with van der Waals surface area (Å²) in [6.07, 6.45) is 1.91. The summed E-state index contributed by atoms with van der Waals surface area (Å²) in [5, 5.41) is 9.72. The summed E-state index contributed by atoms with van der Waals surface area (Å²) in [6, 6.07) is 0. The lowest BCUT2D eigenvalue weighted by Crippen LogP contribution is -2.33. The maximum absolute atomic E-state index is 11.3. The zero-order chi connectivity index (χ0) is 12.7. The first-order chi connectivity index (χ1) is 7.91. The highest BCUT2D eigenvalue weighted by atomic mass is 32.2. The summed E-state index contributed by atoms with van der Waals surface area (Å²) in [6.45, 7) is 5.33. The maximum atomic E-state index is 11.3. The molecule has 0 radical (unpaired) electrons. The summed E-state index contributed by atoms with van der Waals surface area (Å²) in [7, 11) is 3.82. The molecule has 0 aromatic carbocycles. The molecule has 0 aliphatic carbocycles. The second-order valence-corrected chi connectivity index (χ2v) is 6.14. The molecule has 1 unspecified atom stereocenters. The van der Waals surface area contributed by atoms with Gasteiger partial charge in [-0.3, -0.25) is 0 Å². The van der Waals surface area contributed by atoms with E-state index in [0.717, 1.165) is 17.1 Å². The summed E-state index contributed by atoms with van der Waals surface area (Å²) < 4.78 is 1.71. The van der Waals surface area contributed by atoms with Crippen molar-refractivity contribution >= 4 is 23.4 Å². The van der Waals surface area contributed by atoms with E-state index in [0.29, 0.717) is 16.9 Å². The van der Waals surface area contributed by atoms with E-state index in [2.05, 4.69) is 18.7 Å². The number of carbonyl (C=O) groups is 1. The van der Waals surface area contributed by atoms with Gasteiger partial charge in [-0.15, -0.1) is 11.8 Å². The third-order valence-corrected chi connectivity index (χ3v) is 4.83. The third-order valence-electron chi connectivity index (χ3n) is 3.20. The first kappa shape index (κ1) is 12.4. The number of rotatable bonds is 2. The molecule has 0 bridgehead atoms. The monoisotopic (exact) mass is 254 g/mol. The lowest BCUT2D eigenvalue weighted by Gasteiger charge is -2.33. The van der Waals surface area contributed by atoms with Crippen molar-refractivity contribution in [2.24, 2.45) is 13.0 Å². The van der Waals surface area contributed by atoms with Crippen LogP contribution >= 0.6 is 11.8 Å². The van der Waals surface area contributed by atoms with Crippen LogP contribution in [0.4, 0.5) is 5.69 Å².